The molecule has 0 radical (unpaired) electrons. The van der Waals surface area contributed by atoms with Crippen LogP contribution in [0.1, 0.15) is 38.0 Å². The van der Waals surface area contributed by atoms with E-state index in [1.54, 1.807) is 0 Å². The monoisotopic (exact) mass is 207 g/mol. The molecule has 1 aromatic rings. The average Bonchev–Trinajstić information content (AvgIpc) is 2.28. The molecule has 0 saturated heterocycles. The predicted molar refractivity (Wildman–Crippen MR) is 63.9 cm³/mol. The van der Waals surface area contributed by atoms with Crippen LogP contribution < -0.4 is 5.32 Å². The summed E-state index contributed by atoms with van der Waals surface area (Å²) >= 11 is 0. The van der Waals surface area contributed by atoms with E-state index in [-0.39, 0.29) is 6.04 Å². The van der Waals surface area contributed by atoms with E-state index in [9.17, 15) is 5.11 Å². The van der Waals surface area contributed by atoms with Crippen molar-refractivity contribution in [2.75, 3.05) is 6.54 Å². The molecule has 0 fully saturated rings. The largest absolute Gasteiger partial charge is 0.387 e. The Morgan fingerprint density at radius 3 is 2.27 bits per heavy atom. The van der Waals surface area contributed by atoms with Gasteiger partial charge in [-0.15, -0.1) is 0 Å². The van der Waals surface area contributed by atoms with Crippen LogP contribution in [0, 0.1) is 0 Å². The first-order valence-corrected chi connectivity index (χ1v) is 5.69. The Hall–Kier alpha value is -0.860. The van der Waals surface area contributed by atoms with E-state index in [0.717, 1.165) is 18.5 Å². The number of hydrogen-bond donors (Lipinski definition) is 2. The molecule has 84 valence electrons. The summed E-state index contributed by atoms with van der Waals surface area (Å²) in [5.74, 6) is 0. The molecule has 2 nitrogen and oxygen atoms in total. The summed E-state index contributed by atoms with van der Waals surface area (Å²) in [5, 5.41) is 13.2. The van der Waals surface area contributed by atoms with Crippen LogP contribution >= 0.6 is 0 Å². The van der Waals surface area contributed by atoms with Crippen molar-refractivity contribution in [3.05, 3.63) is 35.4 Å². The van der Waals surface area contributed by atoms with Gasteiger partial charge in [-0.3, -0.25) is 0 Å². The summed E-state index contributed by atoms with van der Waals surface area (Å²) in [4.78, 5) is 0. The fraction of sp³-hybridized carbons (Fsp3) is 0.538. The lowest BCUT2D eigenvalue weighted by Gasteiger charge is -2.20. The van der Waals surface area contributed by atoms with Crippen molar-refractivity contribution in [1.82, 2.24) is 5.32 Å². The Morgan fingerprint density at radius 2 is 1.80 bits per heavy atom. The molecule has 2 heteroatoms. The maximum Gasteiger partial charge on any atom is 0.0940 e. The fourth-order valence-electron chi connectivity index (χ4n) is 1.67. The van der Waals surface area contributed by atoms with E-state index < -0.39 is 6.10 Å². The molecular weight excluding hydrogens is 186 g/mol. The molecular formula is C13H21NO. The van der Waals surface area contributed by atoms with Gasteiger partial charge in [0.1, 0.15) is 0 Å². The van der Waals surface area contributed by atoms with E-state index in [4.69, 9.17) is 0 Å². The number of rotatable bonds is 5. The third-order valence-corrected chi connectivity index (χ3v) is 2.73. The third-order valence-electron chi connectivity index (χ3n) is 2.73. The first-order chi connectivity index (χ1) is 7.19. The minimum Gasteiger partial charge on any atom is -0.387 e. The van der Waals surface area contributed by atoms with E-state index in [2.05, 4.69) is 24.4 Å². The first-order valence-electron chi connectivity index (χ1n) is 5.69. The molecule has 2 atom stereocenters. The first kappa shape index (κ1) is 12.2. The van der Waals surface area contributed by atoms with Crippen molar-refractivity contribution in [3.8, 4) is 0 Å². The summed E-state index contributed by atoms with van der Waals surface area (Å²) in [6, 6.07) is 8.28. The van der Waals surface area contributed by atoms with Crippen LogP contribution in [0.5, 0.6) is 0 Å². The lowest BCUT2D eigenvalue weighted by Crippen LogP contribution is -2.31. The molecule has 2 N–H and O–H groups in total. The van der Waals surface area contributed by atoms with Crippen LogP contribution in [0.2, 0.25) is 0 Å². The molecule has 0 aliphatic heterocycles. The number of aliphatic hydroxyl groups excluding tert-OH is 1. The second kappa shape index (κ2) is 5.89. The molecule has 1 rings (SSSR count). The summed E-state index contributed by atoms with van der Waals surface area (Å²) in [7, 11) is 0. The number of aliphatic hydroxyl groups is 1. The van der Waals surface area contributed by atoms with Crippen LogP contribution in [0.4, 0.5) is 0 Å². The highest BCUT2D eigenvalue weighted by atomic mass is 16.3. The van der Waals surface area contributed by atoms with Gasteiger partial charge in [0.15, 0.2) is 0 Å². The van der Waals surface area contributed by atoms with Gasteiger partial charge >= 0.3 is 0 Å². The van der Waals surface area contributed by atoms with Crippen molar-refractivity contribution in [2.45, 2.75) is 39.3 Å². The lowest BCUT2D eigenvalue weighted by molar-refractivity contribution is 0.137. The van der Waals surface area contributed by atoms with Crippen LogP contribution in [0.25, 0.3) is 0 Å². The molecule has 15 heavy (non-hydrogen) atoms. The van der Waals surface area contributed by atoms with E-state index in [1.807, 2.05) is 26.0 Å². The van der Waals surface area contributed by atoms with Gasteiger partial charge in [-0.2, -0.15) is 0 Å². The molecule has 0 aliphatic carbocycles. The van der Waals surface area contributed by atoms with Crippen molar-refractivity contribution < 1.29 is 5.11 Å². The summed E-state index contributed by atoms with van der Waals surface area (Å²) in [6.45, 7) is 7.06. The molecule has 0 spiro atoms. The van der Waals surface area contributed by atoms with Gasteiger partial charge in [0.05, 0.1) is 6.10 Å². The number of nitrogens with one attached hydrogen (secondary N) is 1. The molecule has 0 saturated carbocycles. The molecule has 2 unspecified atom stereocenters. The van der Waals surface area contributed by atoms with Crippen LogP contribution in [0.3, 0.4) is 0 Å². The van der Waals surface area contributed by atoms with Crippen LogP contribution in [0.15, 0.2) is 24.3 Å². The SMILES string of the molecule is CCNC(C)C(O)c1ccc(CC)cc1. The maximum absolute atomic E-state index is 10.0. The zero-order valence-electron chi connectivity index (χ0n) is 9.83. The second-order valence-corrected chi connectivity index (χ2v) is 3.89. The van der Waals surface area contributed by atoms with Gasteiger partial charge in [-0.25, -0.2) is 0 Å². The highest BCUT2D eigenvalue weighted by Gasteiger charge is 2.14. The van der Waals surface area contributed by atoms with Crippen molar-refractivity contribution >= 4 is 0 Å². The smallest absolute Gasteiger partial charge is 0.0940 e. The number of aryl methyl sites for hydroxylation is 1. The molecule has 0 aliphatic rings. The van der Waals surface area contributed by atoms with Gasteiger partial charge in [0.25, 0.3) is 0 Å². The third kappa shape index (κ3) is 3.33. The highest BCUT2D eigenvalue weighted by molar-refractivity contribution is 5.24. The van der Waals surface area contributed by atoms with Crippen LogP contribution in [-0.4, -0.2) is 17.7 Å². The molecule has 0 amide bonds. The quantitative estimate of drug-likeness (QED) is 0.776. The molecule has 0 bridgehead atoms. The zero-order chi connectivity index (χ0) is 11.3. The second-order valence-electron chi connectivity index (χ2n) is 3.89. The average molecular weight is 207 g/mol. The molecule has 1 aromatic carbocycles. The number of benzene rings is 1. The highest BCUT2D eigenvalue weighted by Crippen LogP contribution is 2.17. The predicted octanol–water partition coefficient (Wildman–Crippen LogP) is 2.28. The molecule has 0 aromatic heterocycles. The van der Waals surface area contributed by atoms with E-state index in [1.165, 1.54) is 5.56 Å². The summed E-state index contributed by atoms with van der Waals surface area (Å²) in [5.41, 5.74) is 2.29. The summed E-state index contributed by atoms with van der Waals surface area (Å²) in [6.07, 6.45) is 0.620. The number of likely N-dealkylation sites (N-methyl/N-ethyl adjacent to an activating group) is 1. The topological polar surface area (TPSA) is 32.3 Å². The Balaban J connectivity index is 2.69. The van der Waals surface area contributed by atoms with Gasteiger partial charge < -0.3 is 10.4 Å². The van der Waals surface area contributed by atoms with Gasteiger partial charge in [-0.05, 0) is 31.0 Å². The van der Waals surface area contributed by atoms with E-state index in [0.29, 0.717) is 0 Å². The minimum absolute atomic E-state index is 0.0995. The lowest BCUT2D eigenvalue weighted by atomic mass is 10.0. The van der Waals surface area contributed by atoms with Crippen molar-refractivity contribution in [1.29, 1.82) is 0 Å². The Morgan fingerprint density at radius 1 is 1.20 bits per heavy atom. The standard InChI is InChI=1S/C13H21NO/c1-4-11-6-8-12(9-7-11)13(15)10(3)14-5-2/h6-10,13-15H,4-5H2,1-3H3. The van der Waals surface area contributed by atoms with Gasteiger partial charge in [0, 0.05) is 6.04 Å². The van der Waals surface area contributed by atoms with Crippen molar-refractivity contribution in [3.63, 3.8) is 0 Å². The van der Waals surface area contributed by atoms with Crippen LogP contribution in [-0.2, 0) is 6.42 Å². The van der Waals surface area contributed by atoms with Gasteiger partial charge in [-0.1, -0.05) is 38.1 Å². The van der Waals surface area contributed by atoms with Crippen molar-refractivity contribution in [2.24, 2.45) is 0 Å². The van der Waals surface area contributed by atoms with Gasteiger partial charge in [0.2, 0.25) is 0 Å². The number of hydrogen-bond acceptors (Lipinski definition) is 2. The minimum atomic E-state index is -0.421. The zero-order valence-corrected chi connectivity index (χ0v) is 9.83. The maximum atomic E-state index is 10.0. The van der Waals surface area contributed by atoms with E-state index >= 15 is 0 Å². The Bertz CT molecular complexity index is 281. The summed E-state index contributed by atoms with van der Waals surface area (Å²) < 4.78 is 0. The fourth-order valence-corrected chi connectivity index (χ4v) is 1.67. The normalized spacial score (nSPS) is 14.9. The molecule has 0 heterocycles. The Labute approximate surface area is 92.3 Å². The Kier molecular flexibility index (Phi) is 4.79.